The highest BCUT2D eigenvalue weighted by Crippen LogP contribution is 2.25. The molecular weight excluding hydrogens is 461 g/mol. The molecule has 0 bridgehead atoms. The molecule has 0 saturated carbocycles. The number of aryl methyl sites for hydroxylation is 1. The van der Waals surface area contributed by atoms with Gasteiger partial charge in [0.2, 0.25) is 5.91 Å². The number of thiophene rings is 1. The van der Waals surface area contributed by atoms with Gasteiger partial charge < -0.3 is 19.3 Å². The molecule has 4 heterocycles. The summed E-state index contributed by atoms with van der Waals surface area (Å²) in [4.78, 5) is 32.5. The number of hydrogen-bond acceptors (Lipinski definition) is 6. The van der Waals surface area contributed by atoms with Crippen molar-refractivity contribution in [3.63, 3.8) is 0 Å². The molecule has 0 spiro atoms. The second kappa shape index (κ2) is 11.1. The summed E-state index contributed by atoms with van der Waals surface area (Å²) >= 11 is 1.86. The first-order chi connectivity index (χ1) is 15.6. The molecule has 1 unspecified atom stereocenters. The molecule has 2 aliphatic heterocycles. The van der Waals surface area contributed by atoms with Gasteiger partial charge in [0, 0.05) is 48.7 Å². The number of carboxylic acids is 1. The zero-order valence-electron chi connectivity index (χ0n) is 18.3. The Balaban J connectivity index is 0.000000383. The summed E-state index contributed by atoms with van der Waals surface area (Å²) < 4.78 is 39.8. The van der Waals surface area contributed by atoms with E-state index in [0.29, 0.717) is 6.61 Å². The number of alkyl halides is 3. The third kappa shape index (κ3) is 7.27. The average Bonchev–Trinajstić information content (AvgIpc) is 3.49. The van der Waals surface area contributed by atoms with Crippen LogP contribution in [0.3, 0.4) is 0 Å². The largest absolute Gasteiger partial charge is 0.490 e. The number of fused-ring (bicyclic) bond motifs is 1. The van der Waals surface area contributed by atoms with Crippen molar-refractivity contribution in [1.29, 1.82) is 0 Å². The van der Waals surface area contributed by atoms with Gasteiger partial charge in [0.1, 0.15) is 6.61 Å². The van der Waals surface area contributed by atoms with Gasteiger partial charge in [0.25, 0.3) is 0 Å². The fraction of sp³-hybridized carbons (Fsp3) is 0.571. The first kappa shape index (κ1) is 25.2. The number of carboxylic acid groups (broad SMARTS) is 1. The molecular formula is C21H27F3N4O4S. The second-order valence-electron chi connectivity index (χ2n) is 8.03. The van der Waals surface area contributed by atoms with Gasteiger partial charge in [-0.1, -0.05) is 0 Å². The van der Waals surface area contributed by atoms with Crippen LogP contribution in [0.2, 0.25) is 0 Å². The summed E-state index contributed by atoms with van der Waals surface area (Å²) in [7, 11) is 0. The Hall–Kier alpha value is -2.44. The highest BCUT2D eigenvalue weighted by atomic mass is 32.1. The van der Waals surface area contributed by atoms with Crippen molar-refractivity contribution in [2.75, 3.05) is 32.8 Å². The van der Waals surface area contributed by atoms with Gasteiger partial charge >= 0.3 is 12.1 Å². The minimum Gasteiger partial charge on any atom is -0.475 e. The van der Waals surface area contributed by atoms with E-state index in [1.807, 2.05) is 28.8 Å². The summed E-state index contributed by atoms with van der Waals surface area (Å²) in [5.74, 6) is -2.64. The number of carbonyl (C=O) groups is 2. The maximum Gasteiger partial charge on any atom is 0.490 e. The lowest BCUT2D eigenvalue weighted by atomic mass is 10.2. The average molecular weight is 489 g/mol. The normalized spacial score (nSPS) is 18.5. The van der Waals surface area contributed by atoms with Crippen molar-refractivity contribution in [1.82, 2.24) is 19.4 Å². The lowest BCUT2D eigenvalue weighted by Crippen LogP contribution is -2.39. The Morgan fingerprint density at radius 2 is 1.97 bits per heavy atom. The van der Waals surface area contributed by atoms with E-state index in [1.54, 1.807) is 0 Å². The van der Waals surface area contributed by atoms with E-state index in [0.717, 1.165) is 45.6 Å². The van der Waals surface area contributed by atoms with E-state index in [2.05, 4.69) is 33.5 Å². The van der Waals surface area contributed by atoms with Crippen LogP contribution in [-0.4, -0.2) is 75.4 Å². The van der Waals surface area contributed by atoms with Crippen molar-refractivity contribution in [3.8, 4) is 0 Å². The Labute approximate surface area is 193 Å². The predicted octanol–water partition coefficient (Wildman–Crippen LogP) is 3.08. The topological polar surface area (TPSA) is 87.9 Å². The first-order valence-corrected chi connectivity index (χ1v) is 11.4. The first-order valence-electron chi connectivity index (χ1n) is 10.6. The number of carbonyl (C=O) groups excluding carboxylic acids is 1. The minimum absolute atomic E-state index is 0.120. The lowest BCUT2D eigenvalue weighted by molar-refractivity contribution is -0.192. The zero-order chi connectivity index (χ0) is 24.0. The smallest absolute Gasteiger partial charge is 0.475 e. The number of hydrogen-bond donors (Lipinski definition) is 1. The van der Waals surface area contributed by atoms with Gasteiger partial charge in [-0.25, -0.2) is 9.78 Å². The number of likely N-dealkylation sites (tertiary alicyclic amines) is 1. The van der Waals surface area contributed by atoms with Crippen LogP contribution >= 0.6 is 11.3 Å². The van der Waals surface area contributed by atoms with E-state index in [-0.39, 0.29) is 18.6 Å². The summed E-state index contributed by atoms with van der Waals surface area (Å²) in [5.41, 5.74) is 1.21. The molecule has 1 fully saturated rings. The number of rotatable bonds is 6. The van der Waals surface area contributed by atoms with Gasteiger partial charge in [-0.3, -0.25) is 9.69 Å². The maximum atomic E-state index is 12.2. The van der Waals surface area contributed by atoms with Crippen LogP contribution in [-0.2, 0) is 27.4 Å². The quantitative estimate of drug-likeness (QED) is 0.673. The van der Waals surface area contributed by atoms with Crippen LogP contribution in [0.25, 0.3) is 0 Å². The fourth-order valence-electron chi connectivity index (χ4n) is 3.85. The number of halogens is 3. The number of amides is 1. The summed E-state index contributed by atoms with van der Waals surface area (Å²) in [6.45, 7) is 7.41. The summed E-state index contributed by atoms with van der Waals surface area (Å²) in [6, 6.07) is 4.60. The van der Waals surface area contributed by atoms with Crippen molar-refractivity contribution >= 4 is 23.2 Å². The van der Waals surface area contributed by atoms with Gasteiger partial charge in [0.05, 0.1) is 24.7 Å². The summed E-state index contributed by atoms with van der Waals surface area (Å²) in [6.07, 6.45) is 0.973. The molecule has 4 rings (SSSR count). The van der Waals surface area contributed by atoms with E-state index in [4.69, 9.17) is 14.6 Å². The number of ether oxygens (including phenoxy) is 1. The molecule has 1 N–H and O–H groups in total. The molecule has 1 amide bonds. The van der Waals surface area contributed by atoms with Crippen molar-refractivity contribution < 1.29 is 32.6 Å². The lowest BCUT2D eigenvalue weighted by Gasteiger charge is -2.34. The van der Waals surface area contributed by atoms with Crippen molar-refractivity contribution in [2.45, 2.75) is 45.1 Å². The molecule has 182 valence electrons. The van der Waals surface area contributed by atoms with E-state index < -0.39 is 12.1 Å². The van der Waals surface area contributed by atoms with E-state index >= 15 is 0 Å². The van der Waals surface area contributed by atoms with Gasteiger partial charge in [-0.2, -0.15) is 13.2 Å². The molecule has 2 aromatic heterocycles. The Kier molecular flexibility index (Phi) is 8.49. The Morgan fingerprint density at radius 3 is 2.58 bits per heavy atom. The SMILES string of the molecule is Cc1ccc(CN2Cc3cncn3C(COCC(=O)N3CCCC3)C2)s1.O=C(O)C(F)(F)F. The maximum absolute atomic E-state index is 12.2. The predicted molar refractivity (Wildman–Crippen MR) is 115 cm³/mol. The van der Waals surface area contributed by atoms with Crippen LogP contribution < -0.4 is 0 Å². The summed E-state index contributed by atoms with van der Waals surface area (Å²) in [5, 5.41) is 7.12. The molecule has 2 aromatic rings. The number of nitrogens with zero attached hydrogens (tertiary/aromatic N) is 4. The molecule has 0 aliphatic carbocycles. The van der Waals surface area contributed by atoms with Gasteiger partial charge in [0.15, 0.2) is 0 Å². The molecule has 33 heavy (non-hydrogen) atoms. The standard InChI is InChI=1S/C19H26N4O2S.C2HF3O2/c1-15-4-5-18(26-15)11-21-9-16-8-20-14-23(16)17(10-21)12-25-13-19(24)22-6-2-3-7-22;3-2(4,5)1(6)7/h4-5,8,14,17H,2-3,6-7,9-13H2,1H3;(H,6,7). The van der Waals surface area contributed by atoms with Crippen molar-refractivity contribution in [2.24, 2.45) is 0 Å². The second-order valence-corrected chi connectivity index (χ2v) is 9.41. The molecule has 2 aliphatic rings. The molecule has 8 nitrogen and oxygen atoms in total. The third-order valence-corrected chi connectivity index (χ3v) is 6.39. The molecule has 0 aromatic carbocycles. The highest BCUT2D eigenvalue weighted by Gasteiger charge is 2.38. The van der Waals surface area contributed by atoms with Crippen LogP contribution in [0.1, 0.15) is 34.3 Å². The molecule has 1 saturated heterocycles. The number of imidazole rings is 1. The van der Waals surface area contributed by atoms with Gasteiger partial charge in [-0.05, 0) is 31.9 Å². The van der Waals surface area contributed by atoms with E-state index in [9.17, 15) is 18.0 Å². The van der Waals surface area contributed by atoms with Crippen LogP contribution in [0.4, 0.5) is 13.2 Å². The third-order valence-electron chi connectivity index (χ3n) is 5.41. The van der Waals surface area contributed by atoms with Gasteiger partial charge in [-0.15, -0.1) is 11.3 Å². The number of aliphatic carboxylic acids is 1. The van der Waals surface area contributed by atoms with Crippen molar-refractivity contribution in [3.05, 3.63) is 40.1 Å². The number of aromatic nitrogens is 2. The van der Waals surface area contributed by atoms with Crippen LogP contribution in [0, 0.1) is 6.92 Å². The van der Waals surface area contributed by atoms with E-state index in [1.165, 1.54) is 15.4 Å². The molecule has 12 heteroatoms. The van der Waals surface area contributed by atoms with Crippen LogP contribution in [0.15, 0.2) is 24.7 Å². The molecule has 0 radical (unpaired) electrons. The zero-order valence-corrected chi connectivity index (χ0v) is 19.1. The monoisotopic (exact) mass is 488 g/mol. The molecule has 1 atom stereocenters. The Morgan fingerprint density at radius 1 is 1.27 bits per heavy atom. The fourth-order valence-corrected chi connectivity index (χ4v) is 4.78. The highest BCUT2D eigenvalue weighted by molar-refractivity contribution is 7.11. The Bertz CT molecular complexity index is 940. The van der Waals surface area contributed by atoms with Crippen LogP contribution in [0.5, 0.6) is 0 Å². The minimum atomic E-state index is -5.08.